The average molecular weight is 641 g/mol. The van der Waals surface area contributed by atoms with Gasteiger partial charge in [0.15, 0.2) is 0 Å². The van der Waals surface area contributed by atoms with Crippen LogP contribution in [-0.4, -0.2) is 44.5 Å². The van der Waals surface area contributed by atoms with Gasteiger partial charge in [0.05, 0.1) is 25.2 Å². The molecule has 0 aromatic heterocycles. The number of aliphatic hydroxyl groups is 1. The maximum absolute atomic E-state index is 11.2. The topological polar surface area (TPSA) is 129 Å². The molecule has 0 heterocycles. The van der Waals surface area contributed by atoms with Gasteiger partial charge in [-0.05, 0) is 43.9 Å². The van der Waals surface area contributed by atoms with Crippen molar-refractivity contribution < 1.29 is 38.5 Å². The van der Waals surface area contributed by atoms with E-state index in [4.69, 9.17) is 13.8 Å². The van der Waals surface area contributed by atoms with Gasteiger partial charge in [-0.25, -0.2) is 0 Å². The Balaban J connectivity index is 3.19. The first-order valence-electron chi connectivity index (χ1n) is 14.6. The van der Waals surface area contributed by atoms with Gasteiger partial charge in [0.1, 0.15) is 11.9 Å². The maximum atomic E-state index is 11.2. The van der Waals surface area contributed by atoms with Gasteiger partial charge < -0.3 is 38.5 Å². The summed E-state index contributed by atoms with van der Waals surface area (Å²) in [5, 5.41) is 11.2. The Bertz CT molecular complexity index is 1120. The number of para-hydroxylation sites is 1. The second-order valence-electron chi connectivity index (χ2n) is 15.5. The van der Waals surface area contributed by atoms with Gasteiger partial charge >= 0.3 is 17.2 Å². The highest BCUT2D eigenvalue weighted by Crippen LogP contribution is 2.51. The molecule has 2 rings (SSSR count). The van der Waals surface area contributed by atoms with Crippen LogP contribution in [0.2, 0.25) is 0 Å². The van der Waals surface area contributed by atoms with Crippen molar-refractivity contribution in [2.24, 2.45) is 5.41 Å². The zero-order valence-electron chi connectivity index (χ0n) is 28.0. The van der Waals surface area contributed by atoms with E-state index in [1.54, 1.807) is 0 Å². The molecular weight excluding hydrogens is 586 g/mol. The lowest BCUT2D eigenvalue weighted by Crippen LogP contribution is -2.45. The third-order valence-corrected chi connectivity index (χ3v) is 8.38. The predicted molar refractivity (Wildman–Crippen MR) is 175 cm³/mol. The Labute approximate surface area is 261 Å². The first-order chi connectivity index (χ1) is 19.5. The number of benzene rings is 2. The maximum Gasteiger partial charge on any atom is 0.327 e. The van der Waals surface area contributed by atoms with Gasteiger partial charge in [-0.1, -0.05) is 119 Å². The van der Waals surface area contributed by atoms with Crippen LogP contribution in [0.3, 0.4) is 0 Å². The van der Waals surface area contributed by atoms with E-state index in [9.17, 15) is 24.7 Å². The minimum Gasteiger partial charge on any atom is -0.484 e. The van der Waals surface area contributed by atoms with Crippen molar-refractivity contribution in [2.45, 2.75) is 111 Å². The van der Waals surface area contributed by atoms with Crippen LogP contribution >= 0.6 is 17.2 Å². The van der Waals surface area contributed by atoms with E-state index in [1.165, 1.54) is 0 Å². The fraction of sp³-hybridized carbons (Fsp3) is 0.636. The molecule has 2 aromatic carbocycles. The summed E-state index contributed by atoms with van der Waals surface area (Å²) in [6.07, 6.45) is -0.975. The van der Waals surface area contributed by atoms with E-state index < -0.39 is 35.3 Å². The highest BCUT2D eigenvalue weighted by molar-refractivity contribution is 7.39. The van der Waals surface area contributed by atoms with E-state index in [1.807, 2.05) is 36.4 Å². The summed E-state index contributed by atoms with van der Waals surface area (Å²) in [5.74, 6) is 0.652. The highest BCUT2D eigenvalue weighted by atomic mass is 31.2. The predicted octanol–water partition coefficient (Wildman–Crippen LogP) is 7.43. The normalized spacial score (nSPS) is 14.5. The molecule has 0 amide bonds. The van der Waals surface area contributed by atoms with E-state index in [0.717, 1.165) is 27.8 Å². The van der Waals surface area contributed by atoms with E-state index in [-0.39, 0.29) is 34.9 Å². The van der Waals surface area contributed by atoms with Crippen molar-refractivity contribution in [3.63, 3.8) is 0 Å². The molecule has 0 aliphatic carbocycles. The molecule has 0 aliphatic heterocycles. The van der Waals surface area contributed by atoms with Crippen molar-refractivity contribution in [1.82, 2.24) is 0 Å². The molecule has 5 N–H and O–H groups in total. The molecule has 0 saturated carbocycles. The second-order valence-corrected chi connectivity index (χ2v) is 17.0. The lowest BCUT2D eigenvalue weighted by atomic mass is 9.69. The molecule has 244 valence electrons. The van der Waals surface area contributed by atoms with Crippen LogP contribution in [0.15, 0.2) is 36.4 Å². The second kappa shape index (κ2) is 14.1. The van der Waals surface area contributed by atoms with Crippen molar-refractivity contribution in [2.75, 3.05) is 19.8 Å². The van der Waals surface area contributed by atoms with Crippen LogP contribution in [0.1, 0.15) is 117 Å². The smallest absolute Gasteiger partial charge is 0.327 e. The molecule has 0 spiro atoms. The van der Waals surface area contributed by atoms with Gasteiger partial charge in [0.25, 0.3) is 0 Å². The molecule has 1 unspecified atom stereocenters. The Morgan fingerprint density at radius 1 is 0.581 bits per heavy atom. The lowest BCUT2D eigenvalue weighted by Gasteiger charge is -2.44. The summed E-state index contributed by atoms with van der Waals surface area (Å²) >= 11 is 0. The van der Waals surface area contributed by atoms with E-state index >= 15 is 0 Å². The van der Waals surface area contributed by atoms with Crippen LogP contribution in [-0.2, 0) is 30.7 Å². The summed E-state index contributed by atoms with van der Waals surface area (Å²) in [4.78, 5) is 39.4. The van der Waals surface area contributed by atoms with Crippen molar-refractivity contribution in [1.29, 1.82) is 0 Å². The molecule has 0 fully saturated rings. The first-order valence-corrected chi connectivity index (χ1v) is 17.0. The molecule has 0 saturated heterocycles. The van der Waals surface area contributed by atoms with Crippen LogP contribution in [0.4, 0.5) is 0 Å². The third kappa shape index (κ3) is 9.66. The molecule has 0 radical (unpaired) electrons. The molecule has 1 atom stereocenters. The molecular formula is C33H54O8P2. The summed E-state index contributed by atoms with van der Waals surface area (Å²) in [6.45, 7) is 24.0. The summed E-state index contributed by atoms with van der Waals surface area (Å²) in [6, 6.07) is 12.2. The Hall–Kier alpha value is -1.18. The molecule has 8 nitrogen and oxygen atoms in total. The minimum absolute atomic E-state index is 0.318. The molecule has 43 heavy (non-hydrogen) atoms. The van der Waals surface area contributed by atoms with Crippen LogP contribution < -0.4 is 4.74 Å². The largest absolute Gasteiger partial charge is 0.484 e. The van der Waals surface area contributed by atoms with Crippen LogP contribution in [0.25, 0.3) is 0 Å². The number of hydrogen-bond donors (Lipinski definition) is 5. The monoisotopic (exact) mass is 640 g/mol. The zero-order valence-corrected chi connectivity index (χ0v) is 29.8. The summed E-state index contributed by atoms with van der Waals surface area (Å²) in [7, 11) is -5.60. The van der Waals surface area contributed by atoms with Crippen molar-refractivity contribution in [3.05, 3.63) is 64.2 Å². The van der Waals surface area contributed by atoms with Gasteiger partial charge in [-0.2, -0.15) is 0 Å². The Morgan fingerprint density at radius 3 is 1.19 bits per heavy atom. The lowest BCUT2D eigenvalue weighted by molar-refractivity contribution is -0.0674. The number of ether oxygens (including phenoxy) is 1. The van der Waals surface area contributed by atoms with Gasteiger partial charge in [-0.3, -0.25) is 0 Å². The minimum atomic E-state index is -2.80. The van der Waals surface area contributed by atoms with E-state index in [2.05, 4.69) is 83.1 Å². The molecule has 0 bridgehead atoms. The SMILES string of the molecule is CC(C)(C)c1cccc(C(C)(C)C)c1OC(c1c(C(C)(C)C)cccc1C(C)(C)C)C(CO)(COP(O)O)COP(O)O. The molecule has 2 aromatic rings. The fourth-order valence-corrected chi connectivity index (χ4v) is 6.09. The zero-order chi connectivity index (χ0) is 33.2. The van der Waals surface area contributed by atoms with Crippen LogP contribution in [0.5, 0.6) is 5.75 Å². The number of rotatable bonds is 11. The van der Waals surface area contributed by atoms with E-state index in [0.29, 0.717) is 5.75 Å². The van der Waals surface area contributed by atoms with Gasteiger partial charge in [0, 0.05) is 5.56 Å². The fourth-order valence-electron chi connectivity index (χ4n) is 5.35. The first kappa shape index (κ1) is 38.0. The quantitative estimate of drug-likeness (QED) is 0.161. The third-order valence-electron chi connectivity index (χ3n) is 7.66. The Morgan fingerprint density at radius 2 is 0.907 bits per heavy atom. The van der Waals surface area contributed by atoms with Crippen LogP contribution in [0, 0.1) is 5.41 Å². The average Bonchev–Trinajstić information content (AvgIpc) is 2.85. The molecule has 0 aliphatic rings. The van der Waals surface area contributed by atoms with Crippen molar-refractivity contribution in [3.8, 4) is 5.75 Å². The summed E-state index contributed by atoms with van der Waals surface area (Å²) < 4.78 is 18.1. The standard InChI is InChI=1S/C33H54O8P2/c1-29(2,3)22-15-13-16-23(30(4,5)6)26(22)28(33(19-34,20-39-42(35)36)21-40-43(37)38)41-27-24(31(7,8)9)17-14-18-25(27)32(10,11)12/h13-18,28,34-38H,19-21H2,1-12H3. The van der Waals surface area contributed by atoms with Crippen molar-refractivity contribution >= 4 is 17.2 Å². The molecule has 10 heteroatoms. The Kier molecular flexibility index (Phi) is 12.4. The number of hydrogen-bond acceptors (Lipinski definition) is 8. The van der Waals surface area contributed by atoms with Gasteiger partial charge in [-0.15, -0.1) is 0 Å². The highest BCUT2D eigenvalue weighted by Gasteiger charge is 2.48. The summed E-state index contributed by atoms with van der Waals surface area (Å²) in [5.41, 5.74) is 1.83. The number of aliphatic hydroxyl groups excluding tert-OH is 1. The van der Waals surface area contributed by atoms with Gasteiger partial charge in [0.2, 0.25) is 0 Å².